The van der Waals surface area contributed by atoms with Crippen molar-refractivity contribution in [3.63, 3.8) is 0 Å². The lowest BCUT2D eigenvalue weighted by Gasteiger charge is -2.37. The van der Waals surface area contributed by atoms with Crippen LogP contribution in [0.25, 0.3) is 11.4 Å². The third kappa shape index (κ3) is 6.16. The lowest BCUT2D eigenvalue weighted by atomic mass is 10.1. The molecule has 0 aliphatic carbocycles. The highest BCUT2D eigenvalue weighted by Crippen LogP contribution is 2.35. The zero-order valence-corrected chi connectivity index (χ0v) is 22.5. The van der Waals surface area contributed by atoms with Gasteiger partial charge in [-0.3, -0.25) is 0 Å². The molecular weight excluding hydrogens is 491 g/mol. The second-order valence-electron chi connectivity index (χ2n) is 9.58. The van der Waals surface area contributed by atoms with E-state index in [1.54, 1.807) is 4.90 Å². The molecule has 0 saturated carbocycles. The minimum absolute atomic E-state index is 0.0291. The smallest absolute Gasteiger partial charge is 0.353 e. The standard InChI is InChI=1S/C28H36F3N7/c1-5-10-20(4)38(7-3)27-34-24(22-12-8-11-21(6-2)19-22)33-26(35-27)37-17-15-36(16-18-37)25-23(28(29,30)31)13-9-14-32-25/h8-9,11-14,19-20H,5-7,10,15-18H2,1-4H3. The molecule has 204 valence electrons. The zero-order valence-electron chi connectivity index (χ0n) is 22.5. The lowest BCUT2D eigenvalue weighted by Crippen LogP contribution is -2.48. The largest absolute Gasteiger partial charge is 0.419 e. The van der Waals surface area contributed by atoms with Crippen LogP contribution in [0.3, 0.4) is 0 Å². The van der Waals surface area contributed by atoms with E-state index in [1.807, 2.05) is 17.0 Å². The van der Waals surface area contributed by atoms with Gasteiger partial charge in [-0.1, -0.05) is 38.5 Å². The van der Waals surface area contributed by atoms with E-state index in [0.29, 0.717) is 43.9 Å². The fraction of sp³-hybridized carbons (Fsp3) is 0.500. The third-order valence-corrected chi connectivity index (χ3v) is 7.00. The molecule has 1 atom stereocenters. The van der Waals surface area contributed by atoms with Crippen molar-refractivity contribution >= 4 is 17.7 Å². The van der Waals surface area contributed by atoms with Crippen molar-refractivity contribution in [1.82, 2.24) is 19.9 Å². The summed E-state index contributed by atoms with van der Waals surface area (Å²) in [5.41, 5.74) is 1.41. The highest BCUT2D eigenvalue weighted by atomic mass is 19.4. The molecule has 1 aromatic carbocycles. The number of hydrogen-bond acceptors (Lipinski definition) is 7. The Morgan fingerprint density at radius 2 is 1.68 bits per heavy atom. The van der Waals surface area contributed by atoms with E-state index in [2.05, 4.69) is 49.7 Å². The Morgan fingerprint density at radius 1 is 0.947 bits per heavy atom. The molecule has 0 amide bonds. The van der Waals surface area contributed by atoms with E-state index in [9.17, 15) is 13.2 Å². The summed E-state index contributed by atoms with van der Waals surface area (Å²) >= 11 is 0. The summed E-state index contributed by atoms with van der Waals surface area (Å²) in [5.74, 6) is 1.75. The molecule has 0 radical (unpaired) electrons. The zero-order chi connectivity index (χ0) is 27.3. The summed E-state index contributed by atoms with van der Waals surface area (Å²) in [6.45, 7) is 11.0. The van der Waals surface area contributed by atoms with E-state index in [-0.39, 0.29) is 11.9 Å². The van der Waals surface area contributed by atoms with Crippen molar-refractivity contribution in [2.75, 3.05) is 47.4 Å². The molecular formula is C28H36F3N7. The quantitative estimate of drug-likeness (QED) is 0.346. The maximum atomic E-state index is 13.6. The number of anilines is 3. The number of hydrogen-bond donors (Lipinski definition) is 0. The van der Waals surface area contributed by atoms with Gasteiger partial charge in [0.05, 0.1) is 5.56 Å². The Hall–Kier alpha value is -3.43. The molecule has 4 rings (SSSR count). The van der Waals surface area contributed by atoms with Gasteiger partial charge in [0.25, 0.3) is 0 Å². The van der Waals surface area contributed by atoms with Crippen molar-refractivity contribution in [3.05, 3.63) is 53.7 Å². The Kier molecular flexibility index (Phi) is 8.69. The molecule has 10 heteroatoms. The van der Waals surface area contributed by atoms with Gasteiger partial charge >= 0.3 is 6.18 Å². The van der Waals surface area contributed by atoms with Gasteiger partial charge < -0.3 is 14.7 Å². The van der Waals surface area contributed by atoms with Gasteiger partial charge in [0.1, 0.15) is 5.82 Å². The number of halogens is 3. The van der Waals surface area contributed by atoms with Crippen LogP contribution in [-0.2, 0) is 12.6 Å². The second kappa shape index (κ2) is 12.0. The SMILES string of the molecule is CCCC(C)N(CC)c1nc(-c2cccc(CC)c2)nc(N2CCN(c3ncccc3C(F)(F)F)CC2)n1. The highest BCUT2D eigenvalue weighted by molar-refractivity contribution is 5.60. The van der Waals surface area contributed by atoms with Crippen LogP contribution in [0.2, 0.25) is 0 Å². The molecule has 1 aliphatic heterocycles. The number of rotatable bonds is 9. The number of aromatic nitrogens is 4. The van der Waals surface area contributed by atoms with Crippen molar-refractivity contribution < 1.29 is 13.2 Å². The van der Waals surface area contributed by atoms with Crippen molar-refractivity contribution in [2.24, 2.45) is 0 Å². The summed E-state index contributed by atoms with van der Waals surface area (Å²) in [5, 5.41) is 0. The monoisotopic (exact) mass is 527 g/mol. The third-order valence-electron chi connectivity index (χ3n) is 7.00. The number of alkyl halides is 3. The van der Waals surface area contributed by atoms with Crippen molar-refractivity contribution in [1.29, 1.82) is 0 Å². The van der Waals surface area contributed by atoms with Gasteiger partial charge in [0, 0.05) is 50.5 Å². The van der Waals surface area contributed by atoms with Gasteiger partial charge in [0.15, 0.2) is 5.82 Å². The van der Waals surface area contributed by atoms with Gasteiger partial charge in [-0.15, -0.1) is 0 Å². The molecule has 1 unspecified atom stereocenters. The molecule has 0 N–H and O–H groups in total. The Morgan fingerprint density at radius 3 is 2.34 bits per heavy atom. The molecule has 3 heterocycles. The first-order valence-electron chi connectivity index (χ1n) is 13.4. The number of pyridine rings is 1. The number of benzene rings is 1. The van der Waals surface area contributed by atoms with Crippen LogP contribution in [0, 0.1) is 0 Å². The summed E-state index contributed by atoms with van der Waals surface area (Å²) in [7, 11) is 0. The first-order valence-corrected chi connectivity index (χ1v) is 13.4. The molecule has 1 saturated heterocycles. The minimum atomic E-state index is -4.45. The molecule has 2 aromatic heterocycles. The summed E-state index contributed by atoms with van der Waals surface area (Å²) in [6.07, 6.45) is -0.0773. The fourth-order valence-electron chi connectivity index (χ4n) is 4.90. The molecule has 1 fully saturated rings. The average Bonchev–Trinajstić information content (AvgIpc) is 2.93. The van der Waals surface area contributed by atoms with E-state index < -0.39 is 11.7 Å². The number of piperazine rings is 1. The summed E-state index contributed by atoms with van der Waals surface area (Å²) in [4.78, 5) is 24.6. The van der Waals surface area contributed by atoms with Crippen LogP contribution >= 0.6 is 0 Å². The summed E-state index contributed by atoms with van der Waals surface area (Å²) in [6, 6.07) is 10.9. The first kappa shape index (κ1) is 27.6. The van der Waals surface area contributed by atoms with Gasteiger partial charge in [-0.05, 0) is 50.5 Å². The van der Waals surface area contributed by atoms with Gasteiger partial charge in [0.2, 0.25) is 11.9 Å². The normalized spacial score (nSPS) is 15.0. The Balaban J connectivity index is 1.65. The van der Waals surface area contributed by atoms with E-state index in [4.69, 9.17) is 15.0 Å². The topological polar surface area (TPSA) is 61.3 Å². The second-order valence-corrected chi connectivity index (χ2v) is 9.58. The Labute approximate surface area is 222 Å². The maximum Gasteiger partial charge on any atom is 0.419 e. The minimum Gasteiger partial charge on any atom is -0.353 e. The Bertz CT molecular complexity index is 1210. The predicted octanol–water partition coefficient (Wildman–Crippen LogP) is 5.86. The van der Waals surface area contributed by atoms with Crippen LogP contribution in [0.1, 0.15) is 51.7 Å². The van der Waals surface area contributed by atoms with E-state index in [1.165, 1.54) is 17.8 Å². The lowest BCUT2D eigenvalue weighted by molar-refractivity contribution is -0.137. The first-order chi connectivity index (χ1) is 18.2. The molecule has 38 heavy (non-hydrogen) atoms. The highest BCUT2D eigenvalue weighted by Gasteiger charge is 2.36. The van der Waals surface area contributed by atoms with Gasteiger partial charge in [-0.2, -0.15) is 28.1 Å². The maximum absolute atomic E-state index is 13.6. The van der Waals surface area contributed by atoms with Crippen LogP contribution < -0.4 is 14.7 Å². The molecule has 3 aromatic rings. The van der Waals surface area contributed by atoms with Crippen molar-refractivity contribution in [3.8, 4) is 11.4 Å². The van der Waals surface area contributed by atoms with E-state index in [0.717, 1.165) is 37.4 Å². The van der Waals surface area contributed by atoms with Gasteiger partial charge in [-0.25, -0.2) is 4.98 Å². The van der Waals surface area contributed by atoms with E-state index >= 15 is 0 Å². The molecule has 0 spiro atoms. The number of aryl methyl sites for hydroxylation is 1. The summed E-state index contributed by atoms with van der Waals surface area (Å²) < 4.78 is 40.7. The molecule has 7 nitrogen and oxygen atoms in total. The average molecular weight is 528 g/mol. The molecule has 1 aliphatic rings. The van der Waals surface area contributed by atoms with Crippen molar-refractivity contribution in [2.45, 2.75) is 59.2 Å². The van der Waals surface area contributed by atoms with Crippen LogP contribution in [0.15, 0.2) is 42.6 Å². The van der Waals surface area contributed by atoms with Crippen LogP contribution in [-0.4, -0.2) is 58.7 Å². The number of nitrogens with zero attached hydrogens (tertiary/aromatic N) is 7. The van der Waals surface area contributed by atoms with Crippen LogP contribution in [0.5, 0.6) is 0 Å². The van der Waals surface area contributed by atoms with Crippen LogP contribution in [0.4, 0.5) is 30.9 Å². The fourth-order valence-corrected chi connectivity index (χ4v) is 4.90. The predicted molar refractivity (Wildman–Crippen MR) is 146 cm³/mol. The molecule has 0 bridgehead atoms.